The van der Waals surface area contributed by atoms with E-state index in [2.05, 4.69) is 10.6 Å². The summed E-state index contributed by atoms with van der Waals surface area (Å²) in [6.45, 7) is 6.04. The van der Waals surface area contributed by atoms with Crippen molar-refractivity contribution in [1.29, 1.82) is 0 Å². The van der Waals surface area contributed by atoms with E-state index in [0.717, 1.165) is 22.1 Å². The average Bonchev–Trinajstić information content (AvgIpc) is 2.57. The lowest BCUT2D eigenvalue weighted by atomic mass is 10.1. The van der Waals surface area contributed by atoms with Crippen molar-refractivity contribution >= 4 is 22.8 Å². The molecule has 2 aromatic rings. The molecular weight excluding hydrogens is 332 g/mol. The van der Waals surface area contributed by atoms with E-state index in [1.165, 1.54) is 0 Å². The van der Waals surface area contributed by atoms with Gasteiger partial charge in [-0.15, -0.1) is 0 Å². The molecule has 0 aliphatic heterocycles. The molecule has 0 aliphatic carbocycles. The van der Waals surface area contributed by atoms with Gasteiger partial charge in [-0.3, -0.25) is 4.79 Å². The Morgan fingerprint density at radius 3 is 2.38 bits per heavy atom. The van der Waals surface area contributed by atoms with Crippen LogP contribution in [0.25, 0.3) is 10.8 Å². The van der Waals surface area contributed by atoms with Crippen molar-refractivity contribution < 1.29 is 19.1 Å². The number of carbonyl (C=O) groups excluding carboxylic acids is 2. The SMILES string of the molecule is COc1ccc2cc(CNC(=O)CCNC(=O)OC(C)(C)C)ccc2c1. The minimum atomic E-state index is -0.549. The van der Waals surface area contributed by atoms with Crippen molar-refractivity contribution in [2.75, 3.05) is 13.7 Å². The highest BCUT2D eigenvalue weighted by Crippen LogP contribution is 2.21. The van der Waals surface area contributed by atoms with Gasteiger partial charge in [0.05, 0.1) is 7.11 Å². The molecule has 140 valence electrons. The summed E-state index contributed by atoms with van der Waals surface area (Å²) in [5.41, 5.74) is 0.461. The summed E-state index contributed by atoms with van der Waals surface area (Å²) in [4.78, 5) is 23.4. The van der Waals surface area contributed by atoms with Gasteiger partial charge >= 0.3 is 6.09 Å². The fraction of sp³-hybridized carbons (Fsp3) is 0.400. The number of amides is 2. The monoisotopic (exact) mass is 358 g/mol. The number of alkyl carbamates (subject to hydrolysis) is 1. The van der Waals surface area contributed by atoms with Gasteiger partial charge in [0.15, 0.2) is 0 Å². The largest absolute Gasteiger partial charge is 0.497 e. The number of benzene rings is 2. The first-order valence-electron chi connectivity index (χ1n) is 8.57. The maximum Gasteiger partial charge on any atom is 0.407 e. The van der Waals surface area contributed by atoms with Crippen molar-refractivity contribution in [3.05, 3.63) is 42.0 Å². The highest BCUT2D eigenvalue weighted by Gasteiger charge is 2.15. The van der Waals surface area contributed by atoms with Crippen LogP contribution in [0.15, 0.2) is 36.4 Å². The predicted octanol–water partition coefficient (Wildman–Crippen LogP) is 3.38. The van der Waals surface area contributed by atoms with Crippen LogP contribution in [0.5, 0.6) is 5.75 Å². The molecule has 0 bridgehead atoms. The highest BCUT2D eigenvalue weighted by atomic mass is 16.6. The van der Waals surface area contributed by atoms with Crippen LogP contribution in [0.2, 0.25) is 0 Å². The molecule has 2 rings (SSSR count). The summed E-state index contributed by atoms with van der Waals surface area (Å²) in [6, 6.07) is 11.9. The number of methoxy groups -OCH3 is 1. The fourth-order valence-corrected chi connectivity index (χ4v) is 2.39. The molecule has 2 N–H and O–H groups in total. The predicted molar refractivity (Wildman–Crippen MR) is 101 cm³/mol. The molecule has 6 nitrogen and oxygen atoms in total. The van der Waals surface area contributed by atoms with Gasteiger partial charge in [-0.1, -0.05) is 18.2 Å². The van der Waals surface area contributed by atoms with E-state index in [0.29, 0.717) is 6.54 Å². The summed E-state index contributed by atoms with van der Waals surface area (Å²) >= 11 is 0. The number of hydrogen-bond donors (Lipinski definition) is 2. The molecule has 26 heavy (non-hydrogen) atoms. The molecular formula is C20H26N2O4. The van der Waals surface area contributed by atoms with Gasteiger partial charge in [0.2, 0.25) is 5.91 Å². The van der Waals surface area contributed by atoms with Crippen LogP contribution in [0.4, 0.5) is 4.79 Å². The van der Waals surface area contributed by atoms with Crippen molar-refractivity contribution in [2.24, 2.45) is 0 Å². The molecule has 2 amide bonds. The van der Waals surface area contributed by atoms with Crippen LogP contribution in [0.1, 0.15) is 32.8 Å². The highest BCUT2D eigenvalue weighted by molar-refractivity contribution is 5.84. The van der Waals surface area contributed by atoms with Crippen LogP contribution in [0.3, 0.4) is 0 Å². The molecule has 0 fully saturated rings. The summed E-state index contributed by atoms with van der Waals surface area (Å²) in [5.74, 6) is 0.687. The number of hydrogen-bond acceptors (Lipinski definition) is 4. The topological polar surface area (TPSA) is 76.7 Å². The Labute approximate surface area is 153 Å². The number of fused-ring (bicyclic) bond motifs is 1. The average molecular weight is 358 g/mol. The molecule has 0 atom stereocenters. The maximum absolute atomic E-state index is 11.9. The van der Waals surface area contributed by atoms with Crippen LogP contribution >= 0.6 is 0 Å². The third kappa shape index (κ3) is 6.27. The van der Waals surface area contributed by atoms with E-state index in [1.54, 1.807) is 27.9 Å². The fourth-order valence-electron chi connectivity index (χ4n) is 2.39. The second-order valence-electron chi connectivity index (χ2n) is 7.00. The first kappa shape index (κ1) is 19.6. The third-order valence-corrected chi connectivity index (χ3v) is 3.62. The molecule has 0 unspecified atom stereocenters. The zero-order valence-corrected chi connectivity index (χ0v) is 15.7. The van der Waals surface area contributed by atoms with Crippen LogP contribution in [0, 0.1) is 0 Å². The minimum absolute atomic E-state index is 0.129. The van der Waals surface area contributed by atoms with E-state index >= 15 is 0 Å². The van der Waals surface area contributed by atoms with Crippen molar-refractivity contribution in [2.45, 2.75) is 39.3 Å². The Balaban J connectivity index is 1.78. The zero-order valence-electron chi connectivity index (χ0n) is 15.7. The molecule has 0 aromatic heterocycles. The maximum atomic E-state index is 11.9. The van der Waals surface area contributed by atoms with Gasteiger partial charge in [0, 0.05) is 19.5 Å². The number of nitrogens with one attached hydrogen (secondary N) is 2. The molecule has 0 saturated heterocycles. The summed E-state index contributed by atoms with van der Waals surface area (Å²) in [6.07, 6.45) is -0.320. The zero-order chi connectivity index (χ0) is 19.2. The number of rotatable bonds is 6. The second kappa shape index (κ2) is 8.56. The van der Waals surface area contributed by atoms with Gasteiger partial charge in [0.25, 0.3) is 0 Å². The first-order valence-corrected chi connectivity index (χ1v) is 8.57. The van der Waals surface area contributed by atoms with E-state index < -0.39 is 11.7 Å². The number of ether oxygens (including phenoxy) is 2. The van der Waals surface area contributed by atoms with Gasteiger partial charge in [-0.05, 0) is 55.3 Å². The van der Waals surface area contributed by atoms with E-state index in [-0.39, 0.29) is 18.9 Å². The van der Waals surface area contributed by atoms with E-state index in [4.69, 9.17) is 9.47 Å². The molecule has 0 saturated carbocycles. The summed E-state index contributed by atoms with van der Waals surface area (Å²) in [7, 11) is 1.64. The standard InChI is InChI=1S/C20H26N2O4/c1-20(2,3)26-19(24)21-10-9-18(23)22-13-14-5-6-16-12-17(25-4)8-7-15(16)11-14/h5-8,11-12H,9-10,13H2,1-4H3,(H,21,24)(H,22,23). The Kier molecular flexibility index (Phi) is 6.44. The Bertz CT molecular complexity index is 781. The lowest BCUT2D eigenvalue weighted by molar-refractivity contribution is -0.121. The van der Waals surface area contributed by atoms with Crippen molar-refractivity contribution in [3.8, 4) is 5.75 Å². The van der Waals surface area contributed by atoms with Gasteiger partial charge in [-0.25, -0.2) is 4.79 Å². The molecule has 6 heteroatoms. The Morgan fingerprint density at radius 1 is 1.00 bits per heavy atom. The second-order valence-corrected chi connectivity index (χ2v) is 7.00. The van der Waals surface area contributed by atoms with E-state index in [1.807, 2.05) is 36.4 Å². The molecule has 0 spiro atoms. The molecule has 0 radical (unpaired) electrons. The lowest BCUT2D eigenvalue weighted by Crippen LogP contribution is -2.35. The van der Waals surface area contributed by atoms with Crippen molar-refractivity contribution in [3.63, 3.8) is 0 Å². The summed E-state index contributed by atoms with van der Waals surface area (Å²) < 4.78 is 10.3. The number of carbonyl (C=O) groups is 2. The Morgan fingerprint density at radius 2 is 1.69 bits per heavy atom. The third-order valence-electron chi connectivity index (χ3n) is 3.62. The first-order chi connectivity index (χ1) is 12.3. The van der Waals surface area contributed by atoms with Crippen LogP contribution < -0.4 is 15.4 Å². The van der Waals surface area contributed by atoms with Gasteiger partial charge in [0.1, 0.15) is 11.4 Å². The van der Waals surface area contributed by atoms with Crippen molar-refractivity contribution in [1.82, 2.24) is 10.6 Å². The van der Waals surface area contributed by atoms with E-state index in [9.17, 15) is 9.59 Å². The van der Waals surface area contributed by atoms with Crippen LogP contribution in [-0.4, -0.2) is 31.3 Å². The quantitative estimate of drug-likeness (QED) is 0.830. The molecule has 2 aromatic carbocycles. The molecule has 0 heterocycles. The molecule has 0 aliphatic rings. The van der Waals surface area contributed by atoms with Crippen LogP contribution in [-0.2, 0) is 16.1 Å². The Hall–Kier alpha value is -2.76. The lowest BCUT2D eigenvalue weighted by Gasteiger charge is -2.19. The summed E-state index contributed by atoms with van der Waals surface area (Å²) in [5, 5.41) is 7.59. The van der Waals surface area contributed by atoms with Gasteiger partial charge in [-0.2, -0.15) is 0 Å². The normalized spacial score (nSPS) is 11.1. The smallest absolute Gasteiger partial charge is 0.407 e. The van der Waals surface area contributed by atoms with Gasteiger partial charge < -0.3 is 20.1 Å². The minimum Gasteiger partial charge on any atom is -0.497 e.